The summed E-state index contributed by atoms with van der Waals surface area (Å²) in [5.41, 5.74) is -0.266. The van der Waals surface area contributed by atoms with Crippen molar-refractivity contribution in [1.29, 1.82) is 0 Å². The standard InChI is InChI=1S/C10H21ClN2O3Si/c1-2-3-4-9(17(11,15)16)5-7-13-8-6-12-10(13)14/h9,15-16H,2-8H2,1H3,(H,12,14). The summed E-state index contributed by atoms with van der Waals surface area (Å²) in [6, 6.07) is -0.0723. The fraction of sp³-hybridized carbons (Fsp3) is 0.900. The lowest BCUT2D eigenvalue weighted by atomic mass is 10.1. The number of carbonyl (C=O) groups excluding carboxylic acids is 1. The minimum Gasteiger partial charge on any atom is -0.399 e. The van der Waals surface area contributed by atoms with Gasteiger partial charge in [-0.1, -0.05) is 30.8 Å². The molecule has 1 fully saturated rings. The van der Waals surface area contributed by atoms with Gasteiger partial charge in [0.25, 0.3) is 0 Å². The van der Waals surface area contributed by atoms with E-state index in [0.29, 0.717) is 32.5 Å². The van der Waals surface area contributed by atoms with Gasteiger partial charge in [-0.15, -0.1) is 0 Å². The van der Waals surface area contributed by atoms with Crippen LogP contribution in [0.2, 0.25) is 5.54 Å². The third kappa shape index (κ3) is 4.83. The number of urea groups is 1. The van der Waals surface area contributed by atoms with Crippen LogP contribution in [0, 0.1) is 0 Å². The molecule has 0 saturated carbocycles. The molecule has 0 spiro atoms. The van der Waals surface area contributed by atoms with Crippen molar-refractivity contribution >= 4 is 25.0 Å². The number of carbonyl (C=O) groups is 1. The quantitative estimate of drug-likeness (QED) is 0.483. The Labute approximate surface area is 108 Å². The summed E-state index contributed by atoms with van der Waals surface area (Å²) in [6.45, 7) is 3.95. The van der Waals surface area contributed by atoms with E-state index in [2.05, 4.69) is 12.2 Å². The Hall–Kier alpha value is -0.303. The second-order valence-electron chi connectivity index (χ2n) is 4.48. The van der Waals surface area contributed by atoms with Crippen molar-refractivity contribution in [3.05, 3.63) is 0 Å². The van der Waals surface area contributed by atoms with Gasteiger partial charge in [0.2, 0.25) is 0 Å². The molecule has 1 atom stereocenters. The molecule has 5 nitrogen and oxygen atoms in total. The fourth-order valence-corrected chi connectivity index (χ4v) is 3.72. The maximum absolute atomic E-state index is 11.3. The number of rotatable bonds is 7. The first-order valence-electron chi connectivity index (χ1n) is 6.11. The molecule has 1 aliphatic rings. The Balaban J connectivity index is 2.40. The molecule has 0 radical (unpaired) electrons. The van der Waals surface area contributed by atoms with Crippen molar-refractivity contribution in [2.75, 3.05) is 19.6 Å². The van der Waals surface area contributed by atoms with Gasteiger partial charge < -0.3 is 19.8 Å². The maximum Gasteiger partial charge on any atom is 0.441 e. The molecule has 7 heteroatoms. The van der Waals surface area contributed by atoms with Crippen molar-refractivity contribution in [1.82, 2.24) is 10.2 Å². The van der Waals surface area contributed by atoms with Crippen LogP contribution in [0.4, 0.5) is 4.79 Å². The number of amides is 2. The molecule has 100 valence electrons. The van der Waals surface area contributed by atoms with Crippen molar-refractivity contribution in [2.45, 2.75) is 38.1 Å². The monoisotopic (exact) mass is 280 g/mol. The molecule has 1 rings (SSSR count). The van der Waals surface area contributed by atoms with E-state index in [0.717, 1.165) is 12.8 Å². The normalized spacial score (nSPS) is 18.4. The van der Waals surface area contributed by atoms with Crippen LogP contribution in [0.5, 0.6) is 0 Å². The molecule has 0 bridgehead atoms. The van der Waals surface area contributed by atoms with Crippen LogP contribution in [-0.4, -0.2) is 48.0 Å². The average Bonchev–Trinajstić information content (AvgIpc) is 2.62. The van der Waals surface area contributed by atoms with E-state index in [1.165, 1.54) is 0 Å². The summed E-state index contributed by atoms with van der Waals surface area (Å²) in [4.78, 5) is 32.2. The Morgan fingerprint density at radius 2 is 2.24 bits per heavy atom. The van der Waals surface area contributed by atoms with E-state index in [1.54, 1.807) is 4.90 Å². The number of hydrogen-bond donors (Lipinski definition) is 3. The Kier molecular flexibility index (Phi) is 5.71. The van der Waals surface area contributed by atoms with E-state index in [4.69, 9.17) is 11.1 Å². The predicted molar refractivity (Wildman–Crippen MR) is 68.9 cm³/mol. The molecule has 17 heavy (non-hydrogen) atoms. The number of nitrogens with zero attached hydrogens (tertiary/aromatic N) is 1. The summed E-state index contributed by atoms with van der Waals surface area (Å²) in [5.74, 6) is 0. The zero-order valence-corrected chi connectivity index (χ0v) is 11.9. The first-order valence-corrected chi connectivity index (χ1v) is 9.10. The molecular weight excluding hydrogens is 260 g/mol. The molecule has 0 aliphatic carbocycles. The number of unbranched alkanes of at least 4 members (excludes halogenated alkanes) is 1. The second kappa shape index (κ2) is 6.58. The SMILES string of the molecule is CCCCC(CCN1CCNC1=O)[Si](O)(O)Cl. The largest absolute Gasteiger partial charge is 0.441 e. The van der Waals surface area contributed by atoms with Gasteiger partial charge >= 0.3 is 13.9 Å². The van der Waals surface area contributed by atoms with Crippen LogP contribution < -0.4 is 5.32 Å². The van der Waals surface area contributed by atoms with E-state index >= 15 is 0 Å². The minimum atomic E-state index is -3.60. The molecule has 2 amide bonds. The van der Waals surface area contributed by atoms with Crippen LogP contribution in [0.3, 0.4) is 0 Å². The lowest BCUT2D eigenvalue weighted by Crippen LogP contribution is -2.37. The Bertz CT molecular complexity index is 260. The van der Waals surface area contributed by atoms with Crippen molar-refractivity contribution in [2.24, 2.45) is 0 Å². The molecule has 3 N–H and O–H groups in total. The number of hydrogen-bond acceptors (Lipinski definition) is 3. The van der Waals surface area contributed by atoms with Gasteiger partial charge in [-0.3, -0.25) is 0 Å². The lowest BCUT2D eigenvalue weighted by Gasteiger charge is -2.24. The van der Waals surface area contributed by atoms with Crippen molar-refractivity contribution in [3.63, 3.8) is 0 Å². The van der Waals surface area contributed by atoms with Crippen LogP contribution in [0.25, 0.3) is 0 Å². The van der Waals surface area contributed by atoms with Gasteiger partial charge in [-0.25, -0.2) is 4.79 Å². The zero-order valence-electron chi connectivity index (χ0n) is 10.2. The second-order valence-corrected chi connectivity index (χ2v) is 8.24. The molecule has 1 heterocycles. The number of halogens is 1. The molecule has 0 aromatic carbocycles. The highest BCUT2D eigenvalue weighted by Gasteiger charge is 2.37. The molecule has 0 aromatic heterocycles. The summed E-state index contributed by atoms with van der Waals surface area (Å²) in [6.07, 6.45) is 3.21. The molecule has 1 unspecified atom stereocenters. The fourth-order valence-electron chi connectivity index (χ4n) is 2.00. The first kappa shape index (κ1) is 14.8. The van der Waals surface area contributed by atoms with Gasteiger partial charge in [0, 0.05) is 25.2 Å². The topological polar surface area (TPSA) is 72.8 Å². The highest BCUT2D eigenvalue weighted by Crippen LogP contribution is 2.30. The van der Waals surface area contributed by atoms with Gasteiger partial charge in [-0.2, -0.15) is 0 Å². The van der Waals surface area contributed by atoms with Crippen LogP contribution >= 0.6 is 11.1 Å². The first-order chi connectivity index (χ1) is 7.95. The predicted octanol–water partition coefficient (Wildman–Crippen LogP) is 1.12. The van der Waals surface area contributed by atoms with Crippen LogP contribution in [0.1, 0.15) is 32.6 Å². The van der Waals surface area contributed by atoms with Gasteiger partial charge in [0.15, 0.2) is 0 Å². The summed E-state index contributed by atoms with van der Waals surface area (Å²) >= 11 is 5.69. The summed E-state index contributed by atoms with van der Waals surface area (Å²) in [5, 5.41) is 2.72. The lowest BCUT2D eigenvalue weighted by molar-refractivity contribution is 0.215. The average molecular weight is 281 g/mol. The minimum absolute atomic E-state index is 0.0723. The molecule has 1 aliphatic heterocycles. The highest BCUT2D eigenvalue weighted by atomic mass is 35.6. The van der Waals surface area contributed by atoms with E-state index in [-0.39, 0.29) is 11.6 Å². The number of nitrogens with one attached hydrogen (secondary N) is 1. The molecule has 1 saturated heterocycles. The summed E-state index contributed by atoms with van der Waals surface area (Å²) in [7, 11) is -3.60. The maximum atomic E-state index is 11.3. The highest BCUT2D eigenvalue weighted by molar-refractivity contribution is 7.12. The Morgan fingerprint density at radius 3 is 2.71 bits per heavy atom. The third-order valence-corrected chi connectivity index (χ3v) is 5.66. The van der Waals surface area contributed by atoms with Crippen molar-refractivity contribution in [3.8, 4) is 0 Å². The van der Waals surface area contributed by atoms with Crippen LogP contribution in [-0.2, 0) is 0 Å². The third-order valence-electron chi connectivity index (χ3n) is 3.12. The Morgan fingerprint density at radius 1 is 1.53 bits per heavy atom. The van der Waals surface area contributed by atoms with Gasteiger partial charge in [-0.05, 0) is 12.8 Å². The van der Waals surface area contributed by atoms with Gasteiger partial charge in [0.05, 0.1) is 0 Å². The van der Waals surface area contributed by atoms with E-state index in [1.807, 2.05) is 0 Å². The van der Waals surface area contributed by atoms with Crippen molar-refractivity contribution < 1.29 is 14.4 Å². The molecule has 0 aromatic rings. The molecular formula is C10H21ClN2O3Si. The van der Waals surface area contributed by atoms with E-state index < -0.39 is 7.87 Å². The smallest absolute Gasteiger partial charge is 0.399 e. The zero-order chi connectivity index (χ0) is 12.9. The summed E-state index contributed by atoms with van der Waals surface area (Å²) < 4.78 is 0. The van der Waals surface area contributed by atoms with Crippen LogP contribution in [0.15, 0.2) is 0 Å². The van der Waals surface area contributed by atoms with Gasteiger partial charge in [0.1, 0.15) is 0 Å². The van der Waals surface area contributed by atoms with E-state index in [9.17, 15) is 14.4 Å².